The van der Waals surface area contributed by atoms with Gasteiger partial charge in [-0.1, -0.05) is 0 Å². The van der Waals surface area contributed by atoms with E-state index >= 15 is 0 Å². The third-order valence-electron chi connectivity index (χ3n) is 7.43. The molecule has 2 saturated heterocycles. The molecule has 5 unspecified atom stereocenters. The molecule has 0 bridgehead atoms. The summed E-state index contributed by atoms with van der Waals surface area (Å²) in [5, 5.41) is 69.7. The molecule has 0 saturated carbocycles. The Kier molecular flexibility index (Phi) is 17.8. The Hall–Kier alpha value is -2.52. The lowest BCUT2D eigenvalue weighted by Crippen LogP contribution is -2.64. The van der Waals surface area contributed by atoms with Crippen LogP contribution in [-0.2, 0) is 38.1 Å². The van der Waals surface area contributed by atoms with Crippen molar-refractivity contribution in [3.8, 4) is 0 Å². The fraction of sp³-hybridized carbons (Fsp3) is 0.857. The summed E-state index contributed by atoms with van der Waals surface area (Å²) in [5.41, 5.74) is 0. The monoisotopic (exact) mass is 666 g/mol. The minimum absolute atomic E-state index is 0.133. The van der Waals surface area contributed by atoms with E-state index in [0.717, 1.165) is 0 Å². The number of hydrogen-bond donors (Lipinski definition) is 10. The lowest BCUT2D eigenvalue weighted by atomic mass is 9.97. The van der Waals surface area contributed by atoms with Crippen molar-refractivity contribution < 1.29 is 68.8 Å². The maximum atomic E-state index is 12.1. The molecule has 18 heteroatoms. The van der Waals surface area contributed by atoms with Crippen molar-refractivity contribution in [2.75, 3.05) is 39.5 Å². The third-order valence-corrected chi connectivity index (χ3v) is 7.43. The molecule has 0 spiro atoms. The fourth-order valence-corrected chi connectivity index (χ4v) is 4.98. The molecule has 0 aromatic heterocycles. The van der Waals surface area contributed by atoms with Crippen LogP contribution in [0.3, 0.4) is 0 Å². The van der Waals surface area contributed by atoms with Crippen LogP contribution in [0, 0.1) is 0 Å². The van der Waals surface area contributed by atoms with E-state index in [4.69, 9.17) is 18.9 Å². The SMILES string of the molecule is CC(=O)NC1C(O)[C@@H](O)C(CO)O[C@H]1OCCCCC(=O)NCCNC(=O)CCCCO[C@@H]1O[C@@H](CO)[C@H](O)C(O)C1NC(C)=O. The molecule has 2 heterocycles. The quantitative estimate of drug-likeness (QED) is 0.0582. The van der Waals surface area contributed by atoms with E-state index in [-0.39, 0.29) is 51.0 Å². The second kappa shape index (κ2) is 20.7. The first-order chi connectivity index (χ1) is 21.9. The van der Waals surface area contributed by atoms with Gasteiger partial charge >= 0.3 is 0 Å². The van der Waals surface area contributed by atoms with Crippen LogP contribution in [0.25, 0.3) is 0 Å². The van der Waals surface area contributed by atoms with Gasteiger partial charge in [-0.2, -0.15) is 0 Å². The second-order valence-corrected chi connectivity index (χ2v) is 11.2. The molecule has 0 aliphatic carbocycles. The van der Waals surface area contributed by atoms with E-state index in [9.17, 15) is 49.8 Å². The van der Waals surface area contributed by atoms with Crippen LogP contribution in [0.2, 0.25) is 0 Å². The molecular weight excluding hydrogens is 616 g/mol. The van der Waals surface area contributed by atoms with Crippen molar-refractivity contribution in [2.24, 2.45) is 0 Å². The second-order valence-electron chi connectivity index (χ2n) is 11.2. The van der Waals surface area contributed by atoms with Gasteiger partial charge in [-0.15, -0.1) is 0 Å². The van der Waals surface area contributed by atoms with E-state index in [1.54, 1.807) is 0 Å². The first-order valence-corrected chi connectivity index (χ1v) is 15.4. The molecule has 266 valence electrons. The molecule has 0 radical (unpaired) electrons. The highest BCUT2D eigenvalue weighted by atomic mass is 16.7. The van der Waals surface area contributed by atoms with Crippen LogP contribution in [0.1, 0.15) is 52.4 Å². The average Bonchev–Trinajstić information content (AvgIpc) is 3.01. The number of nitrogens with one attached hydrogen (secondary N) is 4. The van der Waals surface area contributed by atoms with Gasteiger partial charge in [-0.3, -0.25) is 19.2 Å². The Labute approximate surface area is 267 Å². The van der Waals surface area contributed by atoms with Crippen molar-refractivity contribution in [2.45, 2.75) is 114 Å². The summed E-state index contributed by atoms with van der Waals surface area (Å²) in [7, 11) is 0. The van der Waals surface area contributed by atoms with Gasteiger partial charge in [0.1, 0.15) is 48.7 Å². The number of amides is 4. The number of aliphatic hydroxyl groups excluding tert-OH is 6. The van der Waals surface area contributed by atoms with Crippen molar-refractivity contribution in [1.82, 2.24) is 21.3 Å². The van der Waals surface area contributed by atoms with Gasteiger partial charge in [0, 0.05) is 53.0 Å². The molecule has 18 nitrogen and oxygen atoms in total. The van der Waals surface area contributed by atoms with Crippen molar-refractivity contribution in [1.29, 1.82) is 0 Å². The molecule has 0 aromatic carbocycles. The lowest BCUT2D eigenvalue weighted by Gasteiger charge is -2.42. The molecule has 2 rings (SSSR count). The van der Waals surface area contributed by atoms with Crippen LogP contribution in [0.4, 0.5) is 0 Å². The summed E-state index contributed by atoms with van der Waals surface area (Å²) in [6.45, 7) is 2.11. The number of hydrogen-bond acceptors (Lipinski definition) is 14. The van der Waals surface area contributed by atoms with E-state index in [0.29, 0.717) is 25.7 Å². The van der Waals surface area contributed by atoms with Crippen molar-refractivity contribution in [3.05, 3.63) is 0 Å². The molecule has 46 heavy (non-hydrogen) atoms. The summed E-state index contributed by atoms with van der Waals surface area (Å²) in [6, 6.07) is -2.07. The van der Waals surface area contributed by atoms with Crippen LogP contribution < -0.4 is 21.3 Å². The first kappa shape index (κ1) is 39.7. The van der Waals surface area contributed by atoms with Crippen LogP contribution >= 0.6 is 0 Å². The average molecular weight is 667 g/mol. The van der Waals surface area contributed by atoms with Crippen molar-refractivity contribution in [3.63, 3.8) is 0 Å². The number of rotatable bonds is 19. The highest BCUT2D eigenvalue weighted by Crippen LogP contribution is 2.23. The molecule has 2 aliphatic heterocycles. The Morgan fingerprint density at radius 3 is 1.30 bits per heavy atom. The number of unbranched alkanes of at least 4 members (excludes halogenated alkanes) is 2. The summed E-state index contributed by atoms with van der Waals surface area (Å²) in [6.07, 6.45) is -7.74. The molecular formula is C28H50N4O14. The zero-order valence-electron chi connectivity index (χ0n) is 26.2. The fourth-order valence-electron chi connectivity index (χ4n) is 4.98. The van der Waals surface area contributed by atoms with Gasteiger partial charge in [-0.25, -0.2) is 0 Å². The summed E-state index contributed by atoms with van der Waals surface area (Å²) in [4.78, 5) is 47.2. The molecule has 2 fully saturated rings. The van der Waals surface area contributed by atoms with Crippen LogP contribution in [-0.4, -0.2) is 155 Å². The van der Waals surface area contributed by atoms with Crippen LogP contribution in [0.5, 0.6) is 0 Å². The number of aliphatic hydroxyl groups is 6. The largest absolute Gasteiger partial charge is 0.394 e. The summed E-state index contributed by atoms with van der Waals surface area (Å²) in [5.74, 6) is -1.36. The Balaban J connectivity index is 1.55. The highest BCUT2D eigenvalue weighted by molar-refractivity contribution is 5.77. The predicted octanol–water partition coefficient (Wildman–Crippen LogP) is -4.52. The Morgan fingerprint density at radius 2 is 0.978 bits per heavy atom. The molecule has 2 aliphatic rings. The normalized spacial score (nSPS) is 31.1. The minimum atomic E-state index is -1.40. The molecule has 0 aromatic rings. The summed E-state index contributed by atoms with van der Waals surface area (Å²) < 4.78 is 22.2. The van der Waals surface area contributed by atoms with Gasteiger partial charge in [0.15, 0.2) is 12.6 Å². The first-order valence-electron chi connectivity index (χ1n) is 15.4. The maximum Gasteiger partial charge on any atom is 0.220 e. The van der Waals surface area contributed by atoms with Gasteiger partial charge in [0.25, 0.3) is 0 Å². The van der Waals surface area contributed by atoms with E-state index in [1.807, 2.05) is 0 Å². The number of ether oxygens (including phenoxy) is 4. The maximum absolute atomic E-state index is 12.1. The van der Waals surface area contributed by atoms with Gasteiger partial charge < -0.3 is 70.9 Å². The van der Waals surface area contributed by atoms with Gasteiger partial charge in [0.2, 0.25) is 23.6 Å². The Bertz CT molecular complexity index is 887. The lowest BCUT2D eigenvalue weighted by molar-refractivity contribution is -0.270. The van der Waals surface area contributed by atoms with E-state index < -0.39 is 86.3 Å². The standard InChI is InChI=1S/C28H50N4O14/c1-15(35)31-21-25(41)23(39)17(13-33)45-27(21)43-11-5-3-7-19(37)29-9-10-30-20(38)8-4-6-12-44-28-22(32-16(2)36)26(42)24(40)18(14-34)46-28/h17-18,21-28,33-34,39-42H,3-14H2,1-2H3,(H,29,37)(H,30,38)(H,31,35)(H,32,36)/t17-,18?,21?,22?,23-,24-,25?,26?,27+,28+/m0/s1. The topological polar surface area (TPSA) is 275 Å². The molecule has 10 N–H and O–H groups in total. The number of carbonyl (C=O) groups is 4. The highest BCUT2D eigenvalue weighted by Gasteiger charge is 2.46. The van der Waals surface area contributed by atoms with E-state index in [2.05, 4.69) is 21.3 Å². The summed E-state index contributed by atoms with van der Waals surface area (Å²) >= 11 is 0. The third kappa shape index (κ3) is 12.9. The zero-order chi connectivity index (χ0) is 34.2. The van der Waals surface area contributed by atoms with Gasteiger partial charge in [0.05, 0.1) is 13.2 Å². The minimum Gasteiger partial charge on any atom is -0.394 e. The molecule has 10 atom stereocenters. The van der Waals surface area contributed by atoms with Crippen LogP contribution in [0.15, 0.2) is 0 Å². The number of carbonyl (C=O) groups excluding carboxylic acids is 4. The smallest absolute Gasteiger partial charge is 0.220 e. The van der Waals surface area contributed by atoms with Gasteiger partial charge in [-0.05, 0) is 25.7 Å². The Morgan fingerprint density at radius 1 is 0.609 bits per heavy atom. The predicted molar refractivity (Wildman–Crippen MR) is 156 cm³/mol. The zero-order valence-corrected chi connectivity index (χ0v) is 26.2. The van der Waals surface area contributed by atoms with E-state index in [1.165, 1.54) is 13.8 Å². The van der Waals surface area contributed by atoms with Crippen molar-refractivity contribution >= 4 is 23.6 Å². The molecule has 4 amide bonds.